The summed E-state index contributed by atoms with van der Waals surface area (Å²) in [6.07, 6.45) is 2.67. The van der Waals surface area contributed by atoms with Gasteiger partial charge in [0, 0.05) is 19.3 Å². The predicted molar refractivity (Wildman–Crippen MR) is 68.6 cm³/mol. The molecule has 2 aromatic rings. The van der Waals surface area contributed by atoms with Gasteiger partial charge in [-0.2, -0.15) is 5.26 Å². The molecule has 0 aliphatic heterocycles. The molecule has 4 heteroatoms. The first-order valence-electron chi connectivity index (χ1n) is 5.79. The van der Waals surface area contributed by atoms with Gasteiger partial charge in [0.15, 0.2) is 0 Å². The number of benzene rings is 1. The molecule has 2 rings (SSSR count). The van der Waals surface area contributed by atoms with Crippen LogP contribution in [0.15, 0.2) is 24.5 Å². The quantitative estimate of drug-likeness (QED) is 0.874. The molecule has 0 amide bonds. The maximum atomic E-state index is 8.87. The smallest absolute Gasteiger partial charge is 0.0955 e. The van der Waals surface area contributed by atoms with E-state index in [9.17, 15) is 0 Å². The van der Waals surface area contributed by atoms with Crippen LogP contribution in [-0.2, 0) is 7.05 Å². The van der Waals surface area contributed by atoms with E-state index in [0.29, 0.717) is 6.54 Å². The summed E-state index contributed by atoms with van der Waals surface area (Å²) < 4.78 is 1.99. The molecule has 88 valence electrons. The molecule has 0 radical (unpaired) electrons. The van der Waals surface area contributed by atoms with Gasteiger partial charge in [0.2, 0.25) is 0 Å². The lowest BCUT2D eigenvalue weighted by molar-refractivity contribution is 0.674. The van der Waals surface area contributed by atoms with Crippen LogP contribution in [0.3, 0.4) is 0 Å². The number of nitrogens with one attached hydrogen (secondary N) is 1. The largest absolute Gasteiger partial charge is 0.384 e. The van der Waals surface area contributed by atoms with Crippen molar-refractivity contribution >= 4 is 16.7 Å². The first-order chi connectivity index (χ1) is 8.24. The van der Waals surface area contributed by atoms with Gasteiger partial charge < -0.3 is 9.88 Å². The molecule has 1 atom stereocenters. The van der Waals surface area contributed by atoms with Crippen molar-refractivity contribution in [1.82, 2.24) is 9.55 Å². The van der Waals surface area contributed by atoms with E-state index in [-0.39, 0.29) is 5.92 Å². The number of aromatic nitrogens is 2. The van der Waals surface area contributed by atoms with Crippen molar-refractivity contribution in [2.45, 2.75) is 13.3 Å². The van der Waals surface area contributed by atoms with Gasteiger partial charge in [-0.05, 0) is 24.6 Å². The standard InChI is InChI=1S/C13H16N4/c1-3-10(7-14)8-15-11-4-5-13-12(6-11)16-9-17(13)2/h4-6,9-10,15H,3,8H2,1-2H3. The van der Waals surface area contributed by atoms with E-state index in [2.05, 4.69) is 16.4 Å². The second-order valence-electron chi connectivity index (χ2n) is 4.17. The number of nitriles is 1. The van der Waals surface area contributed by atoms with Crippen LogP contribution in [0.25, 0.3) is 11.0 Å². The van der Waals surface area contributed by atoms with Crippen molar-refractivity contribution in [1.29, 1.82) is 5.26 Å². The summed E-state index contributed by atoms with van der Waals surface area (Å²) in [5.41, 5.74) is 3.11. The number of imidazole rings is 1. The van der Waals surface area contributed by atoms with Crippen molar-refractivity contribution in [3.8, 4) is 6.07 Å². The van der Waals surface area contributed by atoms with E-state index in [1.807, 2.05) is 36.7 Å². The maximum Gasteiger partial charge on any atom is 0.0955 e. The molecule has 17 heavy (non-hydrogen) atoms. The Morgan fingerprint density at radius 1 is 1.53 bits per heavy atom. The third kappa shape index (κ3) is 2.39. The number of anilines is 1. The first kappa shape index (κ1) is 11.5. The summed E-state index contributed by atoms with van der Waals surface area (Å²) in [5.74, 6) is 0.0643. The number of hydrogen-bond donors (Lipinski definition) is 1. The number of hydrogen-bond acceptors (Lipinski definition) is 3. The van der Waals surface area contributed by atoms with E-state index < -0.39 is 0 Å². The number of fused-ring (bicyclic) bond motifs is 1. The highest BCUT2D eigenvalue weighted by molar-refractivity contribution is 5.79. The molecule has 0 aliphatic rings. The second kappa shape index (κ2) is 4.88. The molecule has 1 heterocycles. The zero-order valence-electron chi connectivity index (χ0n) is 10.1. The van der Waals surface area contributed by atoms with Gasteiger partial charge in [0.1, 0.15) is 0 Å². The summed E-state index contributed by atoms with van der Waals surface area (Å²) in [7, 11) is 1.98. The molecule has 1 aromatic heterocycles. The lowest BCUT2D eigenvalue weighted by Crippen LogP contribution is -2.11. The Bertz CT molecular complexity index is 550. The van der Waals surface area contributed by atoms with E-state index >= 15 is 0 Å². The highest BCUT2D eigenvalue weighted by atomic mass is 15.0. The zero-order valence-corrected chi connectivity index (χ0v) is 10.1. The fourth-order valence-corrected chi connectivity index (χ4v) is 1.77. The lowest BCUT2D eigenvalue weighted by atomic mass is 10.1. The van der Waals surface area contributed by atoms with E-state index in [1.54, 1.807) is 6.33 Å². The van der Waals surface area contributed by atoms with Crippen LogP contribution in [0.2, 0.25) is 0 Å². The van der Waals surface area contributed by atoms with Crippen LogP contribution in [0.4, 0.5) is 5.69 Å². The van der Waals surface area contributed by atoms with Gasteiger partial charge in [-0.15, -0.1) is 0 Å². The fourth-order valence-electron chi connectivity index (χ4n) is 1.77. The molecule has 4 nitrogen and oxygen atoms in total. The molecular formula is C13H16N4. The Morgan fingerprint density at radius 3 is 3.06 bits per heavy atom. The van der Waals surface area contributed by atoms with Crippen LogP contribution in [0.1, 0.15) is 13.3 Å². The van der Waals surface area contributed by atoms with Crippen molar-refractivity contribution < 1.29 is 0 Å². The molecule has 0 fully saturated rings. The SMILES string of the molecule is CCC(C#N)CNc1ccc2c(c1)ncn2C. The molecular weight excluding hydrogens is 212 g/mol. The van der Waals surface area contributed by atoms with Crippen LogP contribution in [-0.4, -0.2) is 16.1 Å². The van der Waals surface area contributed by atoms with E-state index in [1.165, 1.54) is 0 Å². The molecule has 1 unspecified atom stereocenters. The Hall–Kier alpha value is -2.02. The van der Waals surface area contributed by atoms with Crippen molar-refractivity contribution in [2.24, 2.45) is 13.0 Å². The average Bonchev–Trinajstić information content (AvgIpc) is 2.72. The minimum Gasteiger partial charge on any atom is -0.384 e. The normalized spacial score (nSPS) is 12.3. The second-order valence-corrected chi connectivity index (χ2v) is 4.17. The summed E-state index contributed by atoms with van der Waals surface area (Å²) in [4.78, 5) is 4.30. The molecule has 0 aliphatic carbocycles. The Morgan fingerprint density at radius 2 is 2.35 bits per heavy atom. The van der Waals surface area contributed by atoms with Crippen LogP contribution < -0.4 is 5.32 Å². The lowest BCUT2D eigenvalue weighted by Gasteiger charge is -2.09. The van der Waals surface area contributed by atoms with Gasteiger partial charge in [-0.3, -0.25) is 0 Å². The monoisotopic (exact) mass is 228 g/mol. The highest BCUT2D eigenvalue weighted by Gasteiger charge is 2.05. The summed E-state index contributed by atoms with van der Waals surface area (Å²) in [6, 6.07) is 8.36. The molecule has 1 aromatic carbocycles. The Labute approximate surface area is 101 Å². The van der Waals surface area contributed by atoms with Crippen LogP contribution >= 0.6 is 0 Å². The topological polar surface area (TPSA) is 53.6 Å². The van der Waals surface area contributed by atoms with Gasteiger partial charge in [0.25, 0.3) is 0 Å². The molecule has 0 bridgehead atoms. The number of aryl methyl sites for hydroxylation is 1. The van der Waals surface area contributed by atoms with Crippen LogP contribution in [0, 0.1) is 17.2 Å². The summed E-state index contributed by atoms with van der Waals surface area (Å²) >= 11 is 0. The van der Waals surface area contributed by atoms with Crippen molar-refractivity contribution in [3.05, 3.63) is 24.5 Å². The van der Waals surface area contributed by atoms with Gasteiger partial charge in [-0.25, -0.2) is 4.98 Å². The van der Waals surface area contributed by atoms with Gasteiger partial charge in [-0.1, -0.05) is 6.92 Å². The van der Waals surface area contributed by atoms with E-state index in [0.717, 1.165) is 23.1 Å². The number of rotatable bonds is 4. The minimum absolute atomic E-state index is 0.0643. The van der Waals surface area contributed by atoms with Gasteiger partial charge in [0.05, 0.1) is 29.3 Å². The zero-order chi connectivity index (χ0) is 12.3. The predicted octanol–water partition coefficient (Wildman–Crippen LogP) is 2.53. The fraction of sp³-hybridized carbons (Fsp3) is 0.385. The molecule has 0 saturated carbocycles. The summed E-state index contributed by atoms with van der Waals surface area (Å²) in [5, 5.41) is 12.1. The van der Waals surface area contributed by atoms with Crippen molar-refractivity contribution in [2.75, 3.05) is 11.9 Å². The Kier molecular flexibility index (Phi) is 3.29. The highest BCUT2D eigenvalue weighted by Crippen LogP contribution is 2.17. The third-order valence-corrected chi connectivity index (χ3v) is 2.95. The molecule has 0 spiro atoms. The first-order valence-corrected chi connectivity index (χ1v) is 5.79. The van der Waals surface area contributed by atoms with Gasteiger partial charge >= 0.3 is 0 Å². The molecule has 0 saturated heterocycles. The van der Waals surface area contributed by atoms with E-state index in [4.69, 9.17) is 5.26 Å². The average molecular weight is 228 g/mol. The molecule has 1 N–H and O–H groups in total. The summed E-state index contributed by atoms with van der Waals surface area (Å²) in [6.45, 7) is 2.71. The minimum atomic E-state index is 0.0643. The van der Waals surface area contributed by atoms with Crippen LogP contribution in [0.5, 0.6) is 0 Å². The maximum absolute atomic E-state index is 8.87. The number of nitrogens with zero attached hydrogens (tertiary/aromatic N) is 3. The Balaban J connectivity index is 2.12. The van der Waals surface area contributed by atoms with Crippen molar-refractivity contribution in [3.63, 3.8) is 0 Å². The third-order valence-electron chi connectivity index (χ3n) is 2.95.